The molecular weight excluding hydrogens is 436 g/mol. The van der Waals surface area contributed by atoms with Crippen molar-refractivity contribution in [3.8, 4) is 0 Å². The molecule has 2 aromatic rings. The molecule has 0 atom stereocenters. The Morgan fingerprint density at radius 2 is 0.943 bits per heavy atom. The number of ether oxygens (including phenoxy) is 2. The Bertz CT molecular complexity index is 760. The molecule has 192 valence electrons. The van der Waals surface area contributed by atoms with Crippen molar-refractivity contribution in [1.82, 2.24) is 0 Å². The Balaban J connectivity index is 1.86. The first-order valence-electron chi connectivity index (χ1n) is 13.5. The zero-order valence-electron chi connectivity index (χ0n) is 21.8. The summed E-state index contributed by atoms with van der Waals surface area (Å²) in [5, 5.41) is 0. The fourth-order valence-electron chi connectivity index (χ4n) is 4.66. The summed E-state index contributed by atoms with van der Waals surface area (Å²) in [5.74, 6) is -0.820. The second kappa shape index (κ2) is 16.9. The third-order valence-electron chi connectivity index (χ3n) is 6.66. The van der Waals surface area contributed by atoms with Crippen LogP contribution in [0.3, 0.4) is 0 Å². The molecule has 4 heteroatoms. The Morgan fingerprint density at radius 1 is 0.571 bits per heavy atom. The first-order valence-corrected chi connectivity index (χ1v) is 13.5. The van der Waals surface area contributed by atoms with Gasteiger partial charge in [-0.15, -0.1) is 0 Å². The fraction of sp³-hybridized carbons (Fsp3) is 0.548. The molecule has 2 rings (SSSR count). The van der Waals surface area contributed by atoms with Crippen molar-refractivity contribution < 1.29 is 19.1 Å². The second-order valence-electron chi connectivity index (χ2n) is 9.32. The van der Waals surface area contributed by atoms with Crippen LogP contribution in [-0.4, -0.2) is 25.2 Å². The van der Waals surface area contributed by atoms with Gasteiger partial charge in [0.05, 0.1) is 13.2 Å². The van der Waals surface area contributed by atoms with Gasteiger partial charge in [0.2, 0.25) is 0 Å². The number of carbonyl (C=O) groups is 2. The van der Waals surface area contributed by atoms with E-state index in [9.17, 15) is 9.59 Å². The highest BCUT2D eigenvalue weighted by Gasteiger charge is 2.47. The molecule has 0 aromatic heterocycles. The highest BCUT2D eigenvalue weighted by Crippen LogP contribution is 2.35. The lowest BCUT2D eigenvalue weighted by molar-refractivity contribution is -0.173. The van der Waals surface area contributed by atoms with Gasteiger partial charge in [-0.25, -0.2) is 0 Å². The van der Waals surface area contributed by atoms with Crippen LogP contribution in [0.5, 0.6) is 0 Å². The van der Waals surface area contributed by atoms with Crippen LogP contribution in [0.15, 0.2) is 60.7 Å². The van der Waals surface area contributed by atoms with Gasteiger partial charge in [0.25, 0.3) is 0 Å². The molecule has 0 unspecified atom stereocenters. The summed E-state index contributed by atoms with van der Waals surface area (Å²) < 4.78 is 10.8. The maximum absolute atomic E-state index is 13.1. The summed E-state index contributed by atoms with van der Waals surface area (Å²) in [6, 6.07) is 21.0. The lowest BCUT2D eigenvalue weighted by Crippen LogP contribution is -2.42. The van der Waals surface area contributed by atoms with Crippen LogP contribution in [0.4, 0.5) is 0 Å². The van der Waals surface area contributed by atoms with E-state index in [0.29, 0.717) is 12.8 Å². The van der Waals surface area contributed by atoms with E-state index in [0.717, 1.165) is 64.2 Å². The Kier molecular flexibility index (Phi) is 13.8. The minimum absolute atomic E-state index is 0.272. The second-order valence-corrected chi connectivity index (χ2v) is 9.32. The first kappa shape index (κ1) is 28.6. The van der Waals surface area contributed by atoms with Crippen LogP contribution >= 0.6 is 0 Å². The third-order valence-corrected chi connectivity index (χ3v) is 6.66. The van der Waals surface area contributed by atoms with Gasteiger partial charge in [-0.05, 0) is 63.5 Å². The number of hydrogen-bond acceptors (Lipinski definition) is 4. The van der Waals surface area contributed by atoms with E-state index in [4.69, 9.17) is 9.47 Å². The molecule has 0 saturated carbocycles. The summed E-state index contributed by atoms with van der Waals surface area (Å²) in [5.41, 5.74) is 1.53. The van der Waals surface area contributed by atoms with Crippen molar-refractivity contribution in [2.45, 2.75) is 90.9 Å². The number of carbonyl (C=O) groups excluding carboxylic acids is 2. The third kappa shape index (κ3) is 10.3. The van der Waals surface area contributed by atoms with Gasteiger partial charge in [0, 0.05) is 0 Å². The lowest BCUT2D eigenvalue weighted by atomic mass is 9.77. The van der Waals surface area contributed by atoms with Gasteiger partial charge in [-0.1, -0.05) is 99.2 Å². The fourth-order valence-corrected chi connectivity index (χ4v) is 4.66. The van der Waals surface area contributed by atoms with Crippen molar-refractivity contribution >= 4 is 11.9 Å². The van der Waals surface area contributed by atoms with Crippen molar-refractivity contribution in [2.24, 2.45) is 5.41 Å². The molecule has 0 saturated heterocycles. The van der Waals surface area contributed by atoms with Gasteiger partial charge >= 0.3 is 11.9 Å². The maximum Gasteiger partial charge on any atom is 0.323 e. The van der Waals surface area contributed by atoms with Crippen molar-refractivity contribution in [3.63, 3.8) is 0 Å². The van der Waals surface area contributed by atoms with Gasteiger partial charge in [-0.3, -0.25) is 9.59 Å². The quantitative estimate of drug-likeness (QED) is 0.126. The molecule has 0 radical (unpaired) electrons. The van der Waals surface area contributed by atoms with E-state index >= 15 is 0 Å². The molecule has 0 spiro atoms. The standard InChI is InChI=1S/C31H44O4/c1-3-34-29(32)31(30(33)35-4-2,25-17-7-5-11-19-27-21-13-9-14-22-27)26-18-8-6-12-20-28-23-15-10-16-24-28/h9-10,13-16,21-24H,3-8,11-12,17-20,25-26H2,1-2H3. The zero-order valence-corrected chi connectivity index (χ0v) is 21.8. The van der Waals surface area contributed by atoms with E-state index in [1.807, 2.05) is 12.1 Å². The first-order chi connectivity index (χ1) is 17.1. The summed E-state index contributed by atoms with van der Waals surface area (Å²) in [4.78, 5) is 26.1. The smallest absolute Gasteiger partial charge is 0.323 e. The molecule has 0 heterocycles. The summed E-state index contributed by atoms with van der Waals surface area (Å²) in [7, 11) is 0. The minimum atomic E-state index is -1.18. The summed E-state index contributed by atoms with van der Waals surface area (Å²) in [6.07, 6.45) is 11.1. The van der Waals surface area contributed by atoms with Gasteiger partial charge in [-0.2, -0.15) is 0 Å². The number of benzene rings is 2. The van der Waals surface area contributed by atoms with Crippen LogP contribution in [0.25, 0.3) is 0 Å². The van der Waals surface area contributed by atoms with Crippen LogP contribution in [0.1, 0.15) is 89.2 Å². The normalized spacial score (nSPS) is 11.3. The van der Waals surface area contributed by atoms with E-state index in [1.165, 1.54) is 11.1 Å². The SMILES string of the molecule is CCOC(=O)C(CCCCCCc1ccccc1)(CCCCCCc1ccccc1)C(=O)OCC. The molecule has 4 nitrogen and oxygen atoms in total. The Hall–Kier alpha value is -2.62. The topological polar surface area (TPSA) is 52.6 Å². The van der Waals surface area contributed by atoms with E-state index < -0.39 is 17.4 Å². The van der Waals surface area contributed by atoms with Crippen LogP contribution < -0.4 is 0 Å². The molecule has 0 bridgehead atoms. The molecule has 0 aliphatic heterocycles. The van der Waals surface area contributed by atoms with Crippen LogP contribution in [0, 0.1) is 5.41 Å². The average Bonchev–Trinajstić information content (AvgIpc) is 2.88. The number of rotatable bonds is 18. The van der Waals surface area contributed by atoms with Crippen molar-refractivity contribution in [2.75, 3.05) is 13.2 Å². The van der Waals surface area contributed by atoms with Crippen LogP contribution in [0.2, 0.25) is 0 Å². The molecular formula is C31H44O4. The van der Waals surface area contributed by atoms with E-state index in [2.05, 4.69) is 48.5 Å². The van der Waals surface area contributed by atoms with Gasteiger partial charge < -0.3 is 9.47 Å². The monoisotopic (exact) mass is 480 g/mol. The average molecular weight is 481 g/mol. The summed E-state index contributed by atoms with van der Waals surface area (Å²) in [6.45, 7) is 4.13. The number of hydrogen-bond donors (Lipinski definition) is 0. The molecule has 0 aliphatic rings. The van der Waals surface area contributed by atoms with Gasteiger partial charge in [0.15, 0.2) is 5.41 Å². The van der Waals surface area contributed by atoms with Crippen molar-refractivity contribution in [3.05, 3.63) is 71.8 Å². The highest BCUT2D eigenvalue weighted by molar-refractivity contribution is 6.00. The number of esters is 2. The predicted molar refractivity (Wildman–Crippen MR) is 142 cm³/mol. The van der Waals surface area contributed by atoms with E-state index in [1.54, 1.807) is 13.8 Å². The Morgan fingerprint density at radius 3 is 1.31 bits per heavy atom. The molecule has 35 heavy (non-hydrogen) atoms. The number of unbranched alkanes of at least 4 members (excludes halogenated alkanes) is 6. The maximum atomic E-state index is 13.1. The highest BCUT2D eigenvalue weighted by atomic mass is 16.6. The van der Waals surface area contributed by atoms with Crippen molar-refractivity contribution in [1.29, 1.82) is 0 Å². The molecule has 0 aliphatic carbocycles. The predicted octanol–water partition coefficient (Wildman–Crippen LogP) is 7.49. The lowest BCUT2D eigenvalue weighted by Gasteiger charge is -2.29. The number of aryl methyl sites for hydroxylation is 2. The molecule has 0 amide bonds. The van der Waals surface area contributed by atoms with Gasteiger partial charge in [0.1, 0.15) is 0 Å². The molecule has 2 aromatic carbocycles. The van der Waals surface area contributed by atoms with Crippen LogP contribution in [-0.2, 0) is 31.9 Å². The van der Waals surface area contributed by atoms with E-state index in [-0.39, 0.29) is 13.2 Å². The minimum Gasteiger partial charge on any atom is -0.465 e. The summed E-state index contributed by atoms with van der Waals surface area (Å²) >= 11 is 0. The molecule has 0 N–H and O–H groups in total. The Labute approximate surface area is 212 Å². The molecule has 0 fully saturated rings. The zero-order chi connectivity index (χ0) is 25.2. The largest absolute Gasteiger partial charge is 0.465 e.